The van der Waals surface area contributed by atoms with Gasteiger partial charge in [-0.3, -0.25) is 4.98 Å². The first-order chi connectivity index (χ1) is 22.7. The van der Waals surface area contributed by atoms with Gasteiger partial charge in [0.25, 0.3) is 0 Å². The van der Waals surface area contributed by atoms with E-state index in [0.717, 1.165) is 18.4 Å². The minimum Gasteiger partial charge on any atom is -0.264 e. The molecule has 0 N–H and O–H groups in total. The van der Waals surface area contributed by atoms with E-state index in [0.29, 0.717) is 0 Å². The van der Waals surface area contributed by atoms with Crippen LogP contribution in [0.1, 0.15) is 24.5 Å². The molecule has 0 saturated carbocycles. The lowest BCUT2D eigenvalue weighted by Crippen LogP contribution is -1.92. The number of aromatic nitrogens is 1. The molecule has 0 fully saturated rings. The highest BCUT2D eigenvalue weighted by Gasteiger charge is 2.17. The van der Waals surface area contributed by atoms with Crippen molar-refractivity contribution in [3.63, 3.8) is 0 Å². The summed E-state index contributed by atoms with van der Waals surface area (Å²) in [5, 5.41) is 7.82. The first-order valence-electron chi connectivity index (χ1n) is 16.3. The predicted molar refractivity (Wildman–Crippen MR) is 197 cm³/mol. The lowest BCUT2D eigenvalue weighted by molar-refractivity contribution is 0.928. The number of hydrogen-bond acceptors (Lipinski definition) is 1. The van der Waals surface area contributed by atoms with E-state index in [9.17, 15) is 0 Å². The maximum atomic E-state index is 4.27. The lowest BCUT2D eigenvalue weighted by atomic mass is 9.85. The fourth-order valence-corrected chi connectivity index (χ4v) is 7.20. The van der Waals surface area contributed by atoms with E-state index in [1.807, 2.05) is 18.5 Å². The molecule has 0 aliphatic heterocycles. The van der Waals surface area contributed by atoms with E-state index in [2.05, 4.69) is 152 Å². The lowest BCUT2D eigenvalue weighted by Gasteiger charge is -2.18. The molecular formula is C45H35N. The highest BCUT2D eigenvalue weighted by atomic mass is 14.6. The maximum absolute atomic E-state index is 4.27. The summed E-state index contributed by atoms with van der Waals surface area (Å²) >= 11 is 0. The van der Waals surface area contributed by atoms with Crippen LogP contribution < -0.4 is 0 Å². The van der Waals surface area contributed by atoms with Gasteiger partial charge >= 0.3 is 0 Å². The highest BCUT2D eigenvalue weighted by Crippen LogP contribution is 2.44. The van der Waals surface area contributed by atoms with Crippen molar-refractivity contribution in [2.45, 2.75) is 26.7 Å². The zero-order valence-electron chi connectivity index (χ0n) is 26.3. The van der Waals surface area contributed by atoms with Crippen molar-refractivity contribution in [2.24, 2.45) is 0 Å². The summed E-state index contributed by atoms with van der Waals surface area (Å²) in [5.74, 6) is 0. The molecular weight excluding hydrogens is 555 g/mol. The van der Waals surface area contributed by atoms with Crippen molar-refractivity contribution in [3.05, 3.63) is 163 Å². The molecule has 0 unspecified atom stereocenters. The Bertz CT molecular complexity index is 2290. The van der Waals surface area contributed by atoms with Gasteiger partial charge in [0, 0.05) is 12.4 Å². The summed E-state index contributed by atoms with van der Waals surface area (Å²) in [5.41, 5.74) is 12.6. The molecule has 8 aromatic rings. The third-order valence-electron chi connectivity index (χ3n) is 9.31. The molecule has 220 valence electrons. The number of fused-ring (bicyclic) bond motifs is 3. The third kappa shape index (κ3) is 4.95. The van der Waals surface area contributed by atoms with Gasteiger partial charge in [0.1, 0.15) is 0 Å². The van der Waals surface area contributed by atoms with Gasteiger partial charge in [-0.05, 0) is 108 Å². The summed E-state index contributed by atoms with van der Waals surface area (Å²) in [6, 6.07) is 51.5. The van der Waals surface area contributed by atoms with Crippen LogP contribution in [0.15, 0.2) is 152 Å². The van der Waals surface area contributed by atoms with E-state index in [1.165, 1.54) is 82.4 Å². The largest absolute Gasteiger partial charge is 0.264 e. The first kappa shape index (κ1) is 28.0. The Kier molecular flexibility index (Phi) is 7.15. The number of hydrogen-bond donors (Lipinski definition) is 0. The van der Waals surface area contributed by atoms with Crippen LogP contribution in [0.3, 0.4) is 0 Å². The number of rotatable bonds is 6. The van der Waals surface area contributed by atoms with Gasteiger partial charge in [0.15, 0.2) is 0 Å². The number of aryl methyl sites for hydroxylation is 2. The Morgan fingerprint density at radius 1 is 0.457 bits per heavy atom. The van der Waals surface area contributed by atoms with E-state index >= 15 is 0 Å². The second-order valence-corrected chi connectivity index (χ2v) is 12.3. The molecule has 1 nitrogen and oxygen atoms in total. The maximum Gasteiger partial charge on any atom is 0.0346 e. The fourth-order valence-electron chi connectivity index (χ4n) is 7.20. The third-order valence-corrected chi connectivity index (χ3v) is 9.31. The van der Waals surface area contributed by atoms with Crippen LogP contribution in [0.2, 0.25) is 0 Å². The molecule has 0 aliphatic carbocycles. The summed E-state index contributed by atoms with van der Waals surface area (Å²) in [6.07, 6.45) is 5.95. The molecule has 0 radical (unpaired) electrons. The predicted octanol–water partition coefficient (Wildman–Crippen LogP) is 12.5. The molecule has 1 aromatic heterocycles. The van der Waals surface area contributed by atoms with Crippen molar-refractivity contribution < 1.29 is 0 Å². The smallest absolute Gasteiger partial charge is 0.0346 e. The van der Waals surface area contributed by atoms with Crippen LogP contribution in [0.5, 0.6) is 0 Å². The van der Waals surface area contributed by atoms with E-state index in [1.54, 1.807) is 0 Å². The Labute approximate surface area is 270 Å². The Morgan fingerprint density at radius 2 is 0.978 bits per heavy atom. The topological polar surface area (TPSA) is 12.9 Å². The van der Waals surface area contributed by atoms with Crippen molar-refractivity contribution >= 4 is 32.3 Å². The van der Waals surface area contributed by atoms with E-state index in [-0.39, 0.29) is 0 Å². The van der Waals surface area contributed by atoms with Gasteiger partial charge in [0.05, 0.1) is 0 Å². The van der Waals surface area contributed by atoms with Crippen LogP contribution in [-0.2, 0) is 6.42 Å². The van der Waals surface area contributed by atoms with Crippen LogP contribution >= 0.6 is 0 Å². The van der Waals surface area contributed by atoms with E-state index in [4.69, 9.17) is 0 Å². The Morgan fingerprint density at radius 3 is 1.52 bits per heavy atom. The van der Waals surface area contributed by atoms with Crippen LogP contribution in [-0.4, -0.2) is 4.98 Å². The Hall–Kier alpha value is -5.53. The molecule has 0 aliphatic rings. The minimum absolute atomic E-state index is 1.09. The monoisotopic (exact) mass is 589 g/mol. The van der Waals surface area contributed by atoms with Gasteiger partial charge in [-0.25, -0.2) is 0 Å². The molecule has 1 heterocycles. The second-order valence-electron chi connectivity index (χ2n) is 12.3. The standard InChI is InChI=1S/C45H35N/c1-3-9-35-26-30(2)27-36-23-24-37(28-43(35)36)45-41-13-6-4-11-39(41)44(40-12-5-7-14-42(40)45)34-21-19-32(20-22-34)31-15-17-33(18-16-31)38-10-8-25-46-29-38/h4-8,10-29H,3,9H2,1-2H3. The first-order valence-corrected chi connectivity index (χ1v) is 16.3. The number of benzene rings is 7. The quantitative estimate of drug-likeness (QED) is 0.176. The van der Waals surface area contributed by atoms with Gasteiger partial charge in [-0.2, -0.15) is 0 Å². The summed E-state index contributed by atoms with van der Waals surface area (Å²) < 4.78 is 0. The Balaban J connectivity index is 1.26. The summed E-state index contributed by atoms with van der Waals surface area (Å²) in [7, 11) is 0. The average molecular weight is 590 g/mol. The van der Waals surface area contributed by atoms with Crippen molar-refractivity contribution in [1.29, 1.82) is 0 Å². The zero-order valence-corrected chi connectivity index (χ0v) is 26.3. The van der Waals surface area contributed by atoms with Gasteiger partial charge in [-0.1, -0.05) is 146 Å². The SMILES string of the molecule is CCCc1cc(C)cc2ccc(-c3c4ccccc4c(-c4ccc(-c5ccc(-c6cccnc6)cc5)cc4)c4ccccc34)cc12. The molecule has 46 heavy (non-hydrogen) atoms. The van der Waals surface area contributed by atoms with Gasteiger partial charge < -0.3 is 0 Å². The molecule has 1 heteroatoms. The highest BCUT2D eigenvalue weighted by molar-refractivity contribution is 6.21. The normalized spacial score (nSPS) is 11.4. The molecule has 0 amide bonds. The molecule has 0 bridgehead atoms. The zero-order chi connectivity index (χ0) is 31.0. The minimum atomic E-state index is 1.09. The number of nitrogens with zero attached hydrogens (tertiary/aromatic N) is 1. The molecule has 0 saturated heterocycles. The number of pyridine rings is 1. The molecule has 0 spiro atoms. The van der Waals surface area contributed by atoms with Crippen LogP contribution in [0.25, 0.3) is 76.8 Å². The second kappa shape index (κ2) is 11.8. The van der Waals surface area contributed by atoms with Crippen LogP contribution in [0, 0.1) is 6.92 Å². The van der Waals surface area contributed by atoms with Gasteiger partial charge in [-0.15, -0.1) is 0 Å². The summed E-state index contributed by atoms with van der Waals surface area (Å²) in [6.45, 7) is 4.47. The average Bonchev–Trinajstić information content (AvgIpc) is 3.11. The summed E-state index contributed by atoms with van der Waals surface area (Å²) in [4.78, 5) is 4.27. The fraction of sp³-hybridized carbons (Fsp3) is 0.0889. The van der Waals surface area contributed by atoms with E-state index < -0.39 is 0 Å². The van der Waals surface area contributed by atoms with Gasteiger partial charge in [0.2, 0.25) is 0 Å². The van der Waals surface area contributed by atoms with Crippen molar-refractivity contribution in [1.82, 2.24) is 4.98 Å². The molecule has 8 rings (SSSR count). The van der Waals surface area contributed by atoms with Crippen LogP contribution in [0.4, 0.5) is 0 Å². The van der Waals surface area contributed by atoms with Crippen molar-refractivity contribution in [3.8, 4) is 44.5 Å². The molecule has 0 atom stereocenters. The molecule has 7 aromatic carbocycles. The van der Waals surface area contributed by atoms with Crippen molar-refractivity contribution in [2.75, 3.05) is 0 Å².